The van der Waals surface area contributed by atoms with E-state index in [4.69, 9.17) is 5.10 Å². The number of anilines is 1. The SMILES string of the molecule is Cc1ccc(S(=O)(=O)Nc2ccc(C(=O)N3N=C(c4c(-c5ccccc5)c5cc(Br)ccc5[nH]c4=O)CC3c3ccc(Br)cc3)cc2)cc1. The number of aromatic nitrogens is 1. The highest BCUT2D eigenvalue weighted by atomic mass is 79.9. The van der Waals surface area contributed by atoms with Gasteiger partial charge in [0.2, 0.25) is 0 Å². The lowest BCUT2D eigenvalue weighted by atomic mass is 9.91. The van der Waals surface area contributed by atoms with E-state index < -0.39 is 22.0 Å². The number of amides is 1. The summed E-state index contributed by atoms with van der Waals surface area (Å²) in [7, 11) is -3.82. The molecule has 7 rings (SSSR count). The second kappa shape index (κ2) is 13.2. The van der Waals surface area contributed by atoms with Crippen LogP contribution < -0.4 is 10.3 Å². The van der Waals surface area contributed by atoms with E-state index in [1.165, 1.54) is 5.01 Å². The Bertz CT molecular complexity index is 2410. The minimum Gasteiger partial charge on any atom is -0.321 e. The molecule has 49 heavy (non-hydrogen) atoms. The molecule has 6 aromatic rings. The molecule has 2 heterocycles. The molecule has 0 bridgehead atoms. The molecule has 5 aromatic carbocycles. The minimum absolute atomic E-state index is 0.139. The second-order valence-corrected chi connectivity index (χ2v) is 15.2. The molecule has 2 N–H and O–H groups in total. The third-order valence-corrected chi connectivity index (χ3v) is 10.8. The quantitative estimate of drug-likeness (QED) is 0.168. The number of carbonyl (C=O) groups is 1. The molecule has 0 spiro atoms. The molecule has 1 unspecified atom stereocenters. The number of hydrogen-bond donors (Lipinski definition) is 2. The van der Waals surface area contributed by atoms with Gasteiger partial charge in [0.25, 0.3) is 21.5 Å². The number of hydrogen-bond acceptors (Lipinski definition) is 5. The van der Waals surface area contributed by atoms with Crippen LogP contribution in [0.3, 0.4) is 0 Å². The lowest BCUT2D eigenvalue weighted by Crippen LogP contribution is -2.27. The fourth-order valence-electron chi connectivity index (χ4n) is 5.98. The third-order valence-electron chi connectivity index (χ3n) is 8.42. The highest BCUT2D eigenvalue weighted by Crippen LogP contribution is 2.38. The number of H-pyrrole nitrogens is 1. The van der Waals surface area contributed by atoms with Crippen LogP contribution in [0.1, 0.15) is 39.5 Å². The Morgan fingerprint density at radius 2 is 1.51 bits per heavy atom. The number of nitrogens with zero attached hydrogens (tertiary/aromatic N) is 2. The molecule has 11 heteroatoms. The van der Waals surface area contributed by atoms with Gasteiger partial charge in [-0.1, -0.05) is 92.0 Å². The molecule has 0 saturated carbocycles. The van der Waals surface area contributed by atoms with E-state index in [1.807, 2.05) is 79.7 Å². The standard InChI is InChI=1S/C38H28Br2N4O4S/c1-23-7-18-30(19-8-23)49(47,48)43-29-16-11-26(12-17-29)38(46)44-34(24-9-13-27(39)14-10-24)22-33(42-44)36-35(25-5-3-2-4-6-25)31-21-28(40)15-20-32(31)41-37(36)45/h2-21,34,43H,22H2,1H3,(H,41,45). The molecule has 1 aromatic heterocycles. The Kier molecular flexibility index (Phi) is 8.82. The van der Waals surface area contributed by atoms with Gasteiger partial charge in [-0.05, 0) is 84.8 Å². The molecule has 1 amide bonds. The average molecular weight is 797 g/mol. The van der Waals surface area contributed by atoms with Crippen LogP contribution in [0, 0.1) is 6.92 Å². The van der Waals surface area contributed by atoms with Gasteiger partial charge in [0.15, 0.2) is 0 Å². The van der Waals surface area contributed by atoms with Crippen LogP contribution in [0.2, 0.25) is 0 Å². The van der Waals surface area contributed by atoms with Crippen molar-refractivity contribution >= 4 is 70.1 Å². The first-order valence-corrected chi connectivity index (χ1v) is 18.4. The van der Waals surface area contributed by atoms with Crippen molar-refractivity contribution in [2.75, 3.05) is 4.72 Å². The summed E-state index contributed by atoms with van der Waals surface area (Å²) >= 11 is 7.08. The number of hydrazone groups is 1. The number of aryl methyl sites for hydroxylation is 1. The zero-order chi connectivity index (χ0) is 34.3. The fourth-order valence-corrected chi connectivity index (χ4v) is 7.67. The largest absolute Gasteiger partial charge is 0.321 e. The van der Waals surface area contributed by atoms with Gasteiger partial charge >= 0.3 is 0 Å². The first kappa shape index (κ1) is 32.7. The van der Waals surface area contributed by atoms with Gasteiger partial charge in [0, 0.05) is 43.1 Å². The van der Waals surface area contributed by atoms with Gasteiger partial charge in [0.05, 0.1) is 22.2 Å². The number of rotatable bonds is 7. The van der Waals surface area contributed by atoms with Gasteiger partial charge in [-0.25, -0.2) is 13.4 Å². The minimum atomic E-state index is -3.82. The maximum atomic E-state index is 14.2. The summed E-state index contributed by atoms with van der Waals surface area (Å²) in [6, 6.07) is 35.3. The second-order valence-electron chi connectivity index (χ2n) is 11.7. The maximum absolute atomic E-state index is 14.2. The van der Waals surface area contributed by atoms with Gasteiger partial charge < -0.3 is 4.98 Å². The van der Waals surface area contributed by atoms with Gasteiger partial charge in [-0.2, -0.15) is 5.10 Å². The van der Waals surface area contributed by atoms with Gasteiger partial charge in [-0.15, -0.1) is 0 Å². The van der Waals surface area contributed by atoms with E-state index >= 15 is 0 Å². The summed E-state index contributed by atoms with van der Waals surface area (Å²) in [5, 5.41) is 7.12. The Hall–Kier alpha value is -4.84. The molecule has 1 aliphatic heterocycles. The van der Waals surface area contributed by atoms with Gasteiger partial charge in [0.1, 0.15) is 0 Å². The van der Waals surface area contributed by atoms with E-state index in [2.05, 4.69) is 41.6 Å². The van der Waals surface area contributed by atoms with Crippen LogP contribution in [-0.2, 0) is 10.0 Å². The van der Waals surface area contributed by atoms with Crippen molar-refractivity contribution in [1.29, 1.82) is 0 Å². The van der Waals surface area contributed by atoms with Crippen LogP contribution in [0.25, 0.3) is 22.0 Å². The molecular weight excluding hydrogens is 768 g/mol. The summed E-state index contributed by atoms with van der Waals surface area (Å²) in [5.74, 6) is -0.392. The predicted molar refractivity (Wildman–Crippen MR) is 200 cm³/mol. The highest BCUT2D eigenvalue weighted by Gasteiger charge is 2.36. The summed E-state index contributed by atoms with van der Waals surface area (Å²) < 4.78 is 30.2. The maximum Gasteiger partial charge on any atom is 0.274 e. The lowest BCUT2D eigenvalue weighted by molar-refractivity contribution is 0.0711. The summed E-state index contributed by atoms with van der Waals surface area (Å²) in [4.78, 5) is 31.3. The lowest BCUT2D eigenvalue weighted by Gasteiger charge is -2.22. The summed E-state index contributed by atoms with van der Waals surface area (Å²) in [5.41, 5.74) is 5.26. The normalized spacial score (nSPS) is 14.6. The number of carbonyl (C=O) groups excluding carboxylic acids is 1. The number of halogens is 2. The molecule has 0 fully saturated rings. The molecule has 244 valence electrons. The number of pyridine rings is 1. The van der Waals surface area contributed by atoms with Crippen molar-refractivity contribution in [2.24, 2.45) is 5.10 Å². The summed E-state index contributed by atoms with van der Waals surface area (Å²) in [6.07, 6.45) is 0.296. The van der Waals surface area contributed by atoms with E-state index in [-0.39, 0.29) is 10.5 Å². The summed E-state index contributed by atoms with van der Waals surface area (Å²) in [6.45, 7) is 1.88. The van der Waals surface area contributed by atoms with E-state index in [0.29, 0.717) is 34.5 Å². The van der Waals surface area contributed by atoms with Crippen LogP contribution in [-0.4, -0.2) is 30.0 Å². The first-order valence-electron chi connectivity index (χ1n) is 15.3. The van der Waals surface area contributed by atoms with Crippen molar-refractivity contribution in [2.45, 2.75) is 24.3 Å². The molecule has 0 radical (unpaired) electrons. The average Bonchev–Trinajstić information content (AvgIpc) is 3.53. The highest BCUT2D eigenvalue weighted by molar-refractivity contribution is 9.10. The van der Waals surface area contributed by atoms with Crippen molar-refractivity contribution < 1.29 is 13.2 Å². The first-order chi connectivity index (χ1) is 23.6. The molecular formula is C38H28Br2N4O4S. The Morgan fingerprint density at radius 3 is 2.20 bits per heavy atom. The van der Waals surface area contributed by atoms with E-state index in [0.717, 1.165) is 36.6 Å². The number of fused-ring (bicyclic) bond motifs is 1. The fraction of sp³-hybridized carbons (Fsp3) is 0.0789. The van der Waals surface area contributed by atoms with Crippen molar-refractivity contribution in [3.8, 4) is 11.1 Å². The zero-order valence-corrected chi connectivity index (χ0v) is 30.0. The van der Waals surface area contributed by atoms with Crippen molar-refractivity contribution in [3.63, 3.8) is 0 Å². The topological polar surface area (TPSA) is 112 Å². The molecule has 1 atom stereocenters. The number of nitrogens with one attached hydrogen (secondary N) is 2. The zero-order valence-electron chi connectivity index (χ0n) is 26.0. The van der Waals surface area contributed by atoms with Crippen molar-refractivity contribution in [3.05, 3.63) is 163 Å². The number of benzene rings is 5. The third kappa shape index (κ3) is 6.61. The smallest absolute Gasteiger partial charge is 0.274 e. The Morgan fingerprint density at radius 1 is 0.837 bits per heavy atom. The van der Waals surface area contributed by atoms with Crippen LogP contribution >= 0.6 is 31.9 Å². The number of aromatic amines is 1. The monoisotopic (exact) mass is 794 g/mol. The van der Waals surface area contributed by atoms with Crippen LogP contribution in [0.15, 0.2) is 145 Å². The van der Waals surface area contributed by atoms with Gasteiger partial charge in [-0.3, -0.25) is 14.3 Å². The molecule has 8 nitrogen and oxygen atoms in total. The Balaban J connectivity index is 1.29. The molecule has 0 aliphatic carbocycles. The van der Waals surface area contributed by atoms with Crippen LogP contribution in [0.4, 0.5) is 5.69 Å². The van der Waals surface area contributed by atoms with Crippen LogP contribution in [0.5, 0.6) is 0 Å². The Labute approximate surface area is 299 Å². The van der Waals surface area contributed by atoms with E-state index in [1.54, 1.807) is 48.5 Å². The molecule has 1 aliphatic rings. The molecule has 0 saturated heterocycles. The number of sulfonamides is 1. The van der Waals surface area contributed by atoms with Crippen molar-refractivity contribution in [1.82, 2.24) is 9.99 Å². The predicted octanol–water partition coefficient (Wildman–Crippen LogP) is 8.82. The van der Waals surface area contributed by atoms with E-state index in [9.17, 15) is 18.0 Å².